The number of amides is 1. The number of non-ortho nitro benzene ring substituents is 1. The molecule has 0 aliphatic carbocycles. The van der Waals surface area contributed by atoms with Gasteiger partial charge in [0.1, 0.15) is 0 Å². The van der Waals surface area contributed by atoms with Crippen LogP contribution in [-0.2, 0) is 11.3 Å². The van der Waals surface area contributed by atoms with Crippen LogP contribution in [-0.4, -0.2) is 34.5 Å². The van der Waals surface area contributed by atoms with Crippen molar-refractivity contribution < 1.29 is 29.2 Å². The lowest BCUT2D eigenvalue weighted by atomic mass is 10.0. The number of hydrogen-bond acceptors (Lipinski definition) is 7. The lowest BCUT2D eigenvalue weighted by molar-refractivity contribution is -0.384. The first kappa shape index (κ1) is 27.5. The van der Waals surface area contributed by atoms with Crippen molar-refractivity contribution in [2.75, 3.05) is 16.8 Å². The summed E-state index contributed by atoms with van der Waals surface area (Å²) in [5.74, 6) is -2.60. The van der Waals surface area contributed by atoms with Crippen LogP contribution in [0.15, 0.2) is 97.1 Å². The van der Waals surface area contributed by atoms with Gasteiger partial charge in [-0.3, -0.25) is 14.9 Å². The molecule has 0 aliphatic heterocycles. The lowest BCUT2D eigenvalue weighted by Gasteiger charge is -2.28. The summed E-state index contributed by atoms with van der Waals surface area (Å²) in [5, 5.41) is 23.9. The van der Waals surface area contributed by atoms with E-state index in [0.717, 1.165) is 5.56 Å². The van der Waals surface area contributed by atoms with Crippen LogP contribution in [0.5, 0.6) is 0 Å². The minimum absolute atomic E-state index is 0.0787. The molecule has 202 valence electrons. The highest BCUT2D eigenvalue weighted by Gasteiger charge is 2.22. The predicted octanol–water partition coefficient (Wildman–Crippen LogP) is 6.06. The van der Waals surface area contributed by atoms with E-state index in [0.29, 0.717) is 23.6 Å². The summed E-state index contributed by atoms with van der Waals surface area (Å²) in [6.45, 7) is 2.02. The van der Waals surface area contributed by atoms with Gasteiger partial charge < -0.3 is 20.1 Å². The van der Waals surface area contributed by atoms with Crippen molar-refractivity contribution in [3.05, 3.63) is 129 Å². The molecular formula is C30H25N3O7. The average molecular weight is 540 g/mol. The fourth-order valence-electron chi connectivity index (χ4n) is 4.12. The number of rotatable bonds is 10. The number of carbonyl (C=O) groups is 3. The summed E-state index contributed by atoms with van der Waals surface area (Å²) < 4.78 is 5.02. The van der Waals surface area contributed by atoms with E-state index in [1.54, 1.807) is 42.2 Å². The van der Waals surface area contributed by atoms with E-state index in [1.165, 1.54) is 36.4 Å². The molecule has 0 atom stereocenters. The zero-order chi connectivity index (χ0) is 28.6. The lowest BCUT2D eigenvalue weighted by Crippen LogP contribution is -2.21. The molecule has 10 nitrogen and oxygen atoms in total. The Bertz CT molecular complexity index is 1570. The van der Waals surface area contributed by atoms with E-state index >= 15 is 0 Å². The highest BCUT2D eigenvalue weighted by Crippen LogP contribution is 2.35. The number of para-hydroxylation sites is 2. The molecule has 0 spiro atoms. The van der Waals surface area contributed by atoms with Gasteiger partial charge in [0.15, 0.2) is 0 Å². The van der Waals surface area contributed by atoms with Crippen LogP contribution in [0, 0.1) is 10.1 Å². The van der Waals surface area contributed by atoms with Crippen LogP contribution in [0.2, 0.25) is 0 Å². The van der Waals surface area contributed by atoms with Crippen molar-refractivity contribution in [2.24, 2.45) is 0 Å². The predicted molar refractivity (Wildman–Crippen MR) is 149 cm³/mol. The van der Waals surface area contributed by atoms with Gasteiger partial charge in [-0.2, -0.15) is 0 Å². The van der Waals surface area contributed by atoms with Crippen molar-refractivity contribution in [2.45, 2.75) is 13.5 Å². The topological polar surface area (TPSA) is 139 Å². The highest BCUT2D eigenvalue weighted by atomic mass is 16.6. The van der Waals surface area contributed by atoms with E-state index in [9.17, 15) is 29.6 Å². The maximum Gasteiger partial charge on any atom is 0.338 e. The third kappa shape index (κ3) is 6.30. The van der Waals surface area contributed by atoms with Gasteiger partial charge in [-0.05, 0) is 48.9 Å². The molecule has 0 unspecified atom stereocenters. The Balaban J connectivity index is 1.78. The minimum Gasteiger partial charge on any atom is -0.478 e. The summed E-state index contributed by atoms with van der Waals surface area (Å²) >= 11 is 0. The normalized spacial score (nSPS) is 10.4. The summed E-state index contributed by atoms with van der Waals surface area (Å²) in [4.78, 5) is 50.0. The monoisotopic (exact) mass is 539 g/mol. The molecule has 40 heavy (non-hydrogen) atoms. The van der Waals surface area contributed by atoms with Gasteiger partial charge in [0, 0.05) is 29.9 Å². The number of esters is 1. The van der Waals surface area contributed by atoms with E-state index in [2.05, 4.69) is 5.32 Å². The van der Waals surface area contributed by atoms with Crippen molar-refractivity contribution >= 4 is 40.6 Å². The number of ether oxygens (including phenoxy) is 1. The maximum atomic E-state index is 13.1. The largest absolute Gasteiger partial charge is 0.478 e. The Kier molecular flexibility index (Phi) is 8.50. The quantitative estimate of drug-likeness (QED) is 0.141. The summed E-state index contributed by atoms with van der Waals surface area (Å²) in [6, 6.07) is 26.1. The van der Waals surface area contributed by atoms with E-state index in [1.807, 2.05) is 30.3 Å². The van der Waals surface area contributed by atoms with Crippen LogP contribution in [0.4, 0.5) is 22.7 Å². The van der Waals surface area contributed by atoms with Gasteiger partial charge in [0.2, 0.25) is 0 Å². The molecular weight excluding hydrogens is 514 g/mol. The van der Waals surface area contributed by atoms with Gasteiger partial charge in [0.25, 0.3) is 11.6 Å². The third-order valence-electron chi connectivity index (χ3n) is 5.99. The first-order chi connectivity index (χ1) is 19.3. The number of anilines is 3. The molecule has 0 bridgehead atoms. The molecule has 0 saturated carbocycles. The number of carbonyl (C=O) groups excluding carboxylic acids is 2. The number of carboxylic acid groups (broad SMARTS) is 1. The fraction of sp³-hybridized carbons (Fsp3) is 0.100. The molecule has 4 aromatic rings. The number of nitro groups is 1. The molecule has 0 heterocycles. The fourth-order valence-corrected chi connectivity index (χ4v) is 4.12. The molecule has 4 aromatic carbocycles. The first-order valence-electron chi connectivity index (χ1n) is 12.3. The minimum atomic E-state index is -1.29. The second-order valence-electron chi connectivity index (χ2n) is 8.61. The molecule has 2 N–H and O–H groups in total. The number of carboxylic acids is 1. The number of nitro benzene ring substituents is 1. The summed E-state index contributed by atoms with van der Waals surface area (Å²) in [5.41, 5.74) is 1.85. The highest BCUT2D eigenvalue weighted by molar-refractivity contribution is 6.07. The zero-order valence-corrected chi connectivity index (χ0v) is 21.4. The van der Waals surface area contributed by atoms with Gasteiger partial charge in [0.05, 0.1) is 34.0 Å². The molecule has 0 radical (unpaired) electrons. The standard InChI is InChI=1S/C30H25N3O7/c1-2-40-30(37)24-16-15-22(18-25(24)29(35)36)32(19-20-9-4-3-5-10-20)27-14-7-6-13-26(27)31-28(34)21-11-8-12-23(17-21)33(38)39/h3-18H,2,19H2,1H3,(H,31,34)(H,35,36). The smallest absolute Gasteiger partial charge is 0.338 e. The molecule has 1 amide bonds. The molecule has 0 aliphatic rings. The SMILES string of the molecule is CCOC(=O)c1ccc(N(Cc2ccccc2)c2ccccc2NC(=O)c2cccc([N+](=O)[O-])c2)cc1C(=O)O. The Morgan fingerprint density at radius 2 is 1.62 bits per heavy atom. The van der Waals surface area contributed by atoms with Crippen LogP contribution >= 0.6 is 0 Å². The second-order valence-corrected chi connectivity index (χ2v) is 8.61. The number of aromatic carboxylic acids is 1. The summed E-state index contributed by atoms with van der Waals surface area (Å²) in [6.07, 6.45) is 0. The Morgan fingerprint density at radius 1 is 0.900 bits per heavy atom. The van der Waals surface area contributed by atoms with Gasteiger partial charge >= 0.3 is 11.9 Å². The summed E-state index contributed by atoms with van der Waals surface area (Å²) in [7, 11) is 0. The molecule has 0 saturated heterocycles. The average Bonchev–Trinajstić information content (AvgIpc) is 2.96. The Hall–Kier alpha value is -5.51. The van der Waals surface area contributed by atoms with E-state index in [-0.39, 0.29) is 29.0 Å². The third-order valence-corrected chi connectivity index (χ3v) is 5.99. The van der Waals surface area contributed by atoms with Gasteiger partial charge in [-0.25, -0.2) is 9.59 Å². The number of benzene rings is 4. The van der Waals surface area contributed by atoms with Crippen molar-refractivity contribution in [3.8, 4) is 0 Å². The Labute approximate surface area is 229 Å². The van der Waals surface area contributed by atoms with E-state index < -0.39 is 22.8 Å². The van der Waals surface area contributed by atoms with Crippen LogP contribution in [0.3, 0.4) is 0 Å². The van der Waals surface area contributed by atoms with Crippen molar-refractivity contribution in [1.29, 1.82) is 0 Å². The number of hydrogen-bond donors (Lipinski definition) is 2. The number of nitrogens with zero attached hydrogens (tertiary/aromatic N) is 2. The van der Waals surface area contributed by atoms with Crippen LogP contribution in [0.1, 0.15) is 43.6 Å². The van der Waals surface area contributed by atoms with Crippen LogP contribution in [0.25, 0.3) is 0 Å². The molecule has 0 fully saturated rings. The van der Waals surface area contributed by atoms with Crippen LogP contribution < -0.4 is 10.2 Å². The Morgan fingerprint density at radius 3 is 2.33 bits per heavy atom. The van der Waals surface area contributed by atoms with Gasteiger partial charge in [-0.1, -0.05) is 48.5 Å². The molecule has 4 rings (SSSR count). The first-order valence-corrected chi connectivity index (χ1v) is 12.3. The van der Waals surface area contributed by atoms with E-state index in [4.69, 9.17) is 4.74 Å². The zero-order valence-electron chi connectivity index (χ0n) is 21.4. The van der Waals surface area contributed by atoms with Crippen molar-refractivity contribution in [1.82, 2.24) is 0 Å². The maximum absolute atomic E-state index is 13.1. The van der Waals surface area contributed by atoms with Gasteiger partial charge in [-0.15, -0.1) is 0 Å². The van der Waals surface area contributed by atoms with Crippen molar-refractivity contribution in [3.63, 3.8) is 0 Å². The second kappa shape index (κ2) is 12.4. The molecule has 10 heteroatoms. The number of nitrogens with one attached hydrogen (secondary N) is 1. The molecule has 0 aromatic heterocycles.